The van der Waals surface area contributed by atoms with Gasteiger partial charge >= 0.3 is 6.09 Å². The summed E-state index contributed by atoms with van der Waals surface area (Å²) >= 11 is 0. The summed E-state index contributed by atoms with van der Waals surface area (Å²) in [4.78, 5) is 16.2. The van der Waals surface area contributed by atoms with E-state index in [4.69, 9.17) is 15.2 Å². The van der Waals surface area contributed by atoms with E-state index in [9.17, 15) is 4.79 Å². The molecule has 24 heavy (non-hydrogen) atoms. The highest BCUT2D eigenvalue weighted by Crippen LogP contribution is 2.21. The third-order valence-electron chi connectivity index (χ3n) is 4.00. The van der Waals surface area contributed by atoms with E-state index in [0.717, 1.165) is 30.9 Å². The molecule has 134 valence electrons. The lowest BCUT2D eigenvalue weighted by molar-refractivity contribution is 0.0139. The predicted octanol–water partition coefficient (Wildman–Crippen LogP) is 2.21. The topological polar surface area (TPSA) is 68.0 Å². The highest BCUT2D eigenvalue weighted by molar-refractivity contribution is 5.68. The number of carbonyl (C=O) groups is 1. The minimum absolute atomic E-state index is 0.226. The third kappa shape index (κ3) is 5.11. The monoisotopic (exact) mass is 335 g/mol. The molecule has 2 N–H and O–H groups in total. The normalized spacial score (nSPS) is 16.1. The molecule has 0 bridgehead atoms. The van der Waals surface area contributed by atoms with Gasteiger partial charge in [-0.2, -0.15) is 0 Å². The van der Waals surface area contributed by atoms with Crippen molar-refractivity contribution in [3.05, 3.63) is 29.3 Å². The number of methoxy groups -OCH3 is 1. The third-order valence-corrected chi connectivity index (χ3v) is 4.00. The standard InChI is InChI=1S/C18H29N3O3/c1-18(2,3)24-17(22)21-9-7-20(8-10-21)13-14-5-6-15(12-19)16(11-14)23-4/h5-6,11H,7-10,12-13,19H2,1-4H3. The van der Waals surface area contributed by atoms with E-state index in [1.165, 1.54) is 5.56 Å². The summed E-state index contributed by atoms with van der Waals surface area (Å²) in [5, 5.41) is 0. The highest BCUT2D eigenvalue weighted by Gasteiger charge is 2.25. The van der Waals surface area contributed by atoms with Gasteiger partial charge in [0.15, 0.2) is 0 Å². The number of rotatable bonds is 4. The Bertz CT molecular complexity index is 561. The quantitative estimate of drug-likeness (QED) is 0.914. The summed E-state index contributed by atoms with van der Waals surface area (Å²) in [6, 6.07) is 6.15. The molecular formula is C18H29N3O3. The highest BCUT2D eigenvalue weighted by atomic mass is 16.6. The van der Waals surface area contributed by atoms with Crippen molar-refractivity contribution in [2.24, 2.45) is 5.73 Å². The van der Waals surface area contributed by atoms with Gasteiger partial charge in [0.25, 0.3) is 0 Å². The molecule has 0 unspecified atom stereocenters. The number of nitrogens with zero attached hydrogens (tertiary/aromatic N) is 2. The van der Waals surface area contributed by atoms with Crippen LogP contribution in [-0.4, -0.2) is 54.8 Å². The molecule has 0 saturated carbocycles. The van der Waals surface area contributed by atoms with Gasteiger partial charge in [0, 0.05) is 44.8 Å². The van der Waals surface area contributed by atoms with Gasteiger partial charge < -0.3 is 20.1 Å². The van der Waals surface area contributed by atoms with Gasteiger partial charge in [-0.3, -0.25) is 4.90 Å². The lowest BCUT2D eigenvalue weighted by Crippen LogP contribution is -2.49. The maximum Gasteiger partial charge on any atom is 0.410 e. The van der Waals surface area contributed by atoms with Gasteiger partial charge in [-0.25, -0.2) is 4.79 Å². The van der Waals surface area contributed by atoms with E-state index in [-0.39, 0.29) is 6.09 Å². The second-order valence-corrected chi connectivity index (χ2v) is 7.09. The number of benzene rings is 1. The van der Waals surface area contributed by atoms with Crippen molar-refractivity contribution in [2.75, 3.05) is 33.3 Å². The molecule has 1 fully saturated rings. The molecule has 1 aliphatic heterocycles. The van der Waals surface area contributed by atoms with Crippen LogP contribution < -0.4 is 10.5 Å². The van der Waals surface area contributed by atoms with Crippen molar-refractivity contribution in [1.82, 2.24) is 9.80 Å². The van der Waals surface area contributed by atoms with E-state index >= 15 is 0 Å². The van der Waals surface area contributed by atoms with Gasteiger partial charge in [-0.05, 0) is 32.4 Å². The minimum atomic E-state index is -0.449. The van der Waals surface area contributed by atoms with Crippen molar-refractivity contribution in [2.45, 2.75) is 39.5 Å². The first-order valence-electron chi connectivity index (χ1n) is 8.38. The zero-order chi connectivity index (χ0) is 17.7. The van der Waals surface area contributed by atoms with Gasteiger partial charge in [0.05, 0.1) is 7.11 Å². The molecule has 1 amide bonds. The molecular weight excluding hydrogens is 306 g/mol. The molecule has 1 aromatic rings. The van der Waals surface area contributed by atoms with Crippen molar-refractivity contribution in [3.8, 4) is 5.75 Å². The Morgan fingerprint density at radius 1 is 1.21 bits per heavy atom. The summed E-state index contributed by atoms with van der Waals surface area (Å²) in [6.07, 6.45) is -0.226. The molecule has 0 spiro atoms. The van der Waals surface area contributed by atoms with Crippen LogP contribution in [0.25, 0.3) is 0 Å². The summed E-state index contributed by atoms with van der Waals surface area (Å²) in [5.74, 6) is 0.836. The molecule has 0 atom stereocenters. The Morgan fingerprint density at radius 3 is 2.42 bits per heavy atom. The summed E-state index contributed by atoms with van der Waals surface area (Å²) in [5.41, 5.74) is 7.46. The molecule has 1 saturated heterocycles. The molecule has 1 aromatic carbocycles. The maximum absolute atomic E-state index is 12.1. The smallest absolute Gasteiger partial charge is 0.410 e. The Hall–Kier alpha value is -1.79. The van der Waals surface area contributed by atoms with Gasteiger partial charge in [-0.1, -0.05) is 12.1 Å². The maximum atomic E-state index is 12.1. The zero-order valence-electron chi connectivity index (χ0n) is 15.2. The Labute approximate surface area is 144 Å². The van der Waals surface area contributed by atoms with Crippen LogP contribution >= 0.6 is 0 Å². The summed E-state index contributed by atoms with van der Waals surface area (Å²) in [7, 11) is 1.66. The Balaban J connectivity index is 1.88. The molecule has 1 aliphatic rings. The van der Waals surface area contributed by atoms with E-state index in [2.05, 4.69) is 11.0 Å². The lowest BCUT2D eigenvalue weighted by atomic mass is 10.1. The number of piperazine rings is 1. The fourth-order valence-electron chi connectivity index (χ4n) is 2.73. The van der Waals surface area contributed by atoms with Crippen LogP contribution in [0.2, 0.25) is 0 Å². The van der Waals surface area contributed by atoms with Crippen LogP contribution in [-0.2, 0) is 17.8 Å². The van der Waals surface area contributed by atoms with Crippen LogP contribution in [0.4, 0.5) is 4.79 Å². The van der Waals surface area contributed by atoms with Crippen LogP contribution in [0, 0.1) is 0 Å². The molecule has 0 aromatic heterocycles. The van der Waals surface area contributed by atoms with Gasteiger partial charge in [0.2, 0.25) is 0 Å². The average Bonchev–Trinajstić information content (AvgIpc) is 2.53. The second kappa shape index (κ2) is 7.85. The molecule has 6 nitrogen and oxygen atoms in total. The van der Waals surface area contributed by atoms with Crippen molar-refractivity contribution in [1.29, 1.82) is 0 Å². The molecule has 6 heteroatoms. The van der Waals surface area contributed by atoms with E-state index in [1.54, 1.807) is 12.0 Å². The van der Waals surface area contributed by atoms with Crippen molar-refractivity contribution in [3.63, 3.8) is 0 Å². The minimum Gasteiger partial charge on any atom is -0.496 e. The van der Waals surface area contributed by atoms with Crippen molar-refractivity contribution < 1.29 is 14.3 Å². The van der Waals surface area contributed by atoms with Crippen LogP contribution in [0.1, 0.15) is 31.9 Å². The second-order valence-electron chi connectivity index (χ2n) is 7.09. The largest absolute Gasteiger partial charge is 0.496 e. The zero-order valence-corrected chi connectivity index (χ0v) is 15.2. The van der Waals surface area contributed by atoms with Crippen LogP contribution in [0.3, 0.4) is 0 Å². The number of ether oxygens (including phenoxy) is 2. The summed E-state index contributed by atoms with van der Waals surface area (Å²) < 4.78 is 10.8. The number of hydrogen-bond acceptors (Lipinski definition) is 5. The first-order valence-corrected chi connectivity index (χ1v) is 8.38. The van der Waals surface area contributed by atoms with Crippen LogP contribution in [0.15, 0.2) is 18.2 Å². The van der Waals surface area contributed by atoms with Gasteiger partial charge in [-0.15, -0.1) is 0 Å². The lowest BCUT2D eigenvalue weighted by Gasteiger charge is -2.35. The fraction of sp³-hybridized carbons (Fsp3) is 0.611. The Kier molecular flexibility index (Phi) is 6.07. The van der Waals surface area contributed by atoms with E-state index < -0.39 is 5.60 Å². The predicted molar refractivity (Wildman–Crippen MR) is 94.0 cm³/mol. The molecule has 1 heterocycles. The molecule has 2 rings (SSSR count). The Morgan fingerprint density at radius 2 is 1.88 bits per heavy atom. The van der Waals surface area contributed by atoms with Crippen molar-refractivity contribution >= 4 is 6.09 Å². The first-order chi connectivity index (χ1) is 11.3. The average molecular weight is 335 g/mol. The SMILES string of the molecule is COc1cc(CN2CCN(C(=O)OC(C)(C)C)CC2)ccc1CN. The van der Waals surface area contributed by atoms with E-state index in [1.807, 2.05) is 32.9 Å². The number of nitrogens with two attached hydrogens (primary N) is 1. The number of amides is 1. The first kappa shape index (κ1) is 18.5. The number of carbonyl (C=O) groups excluding carboxylic acids is 1. The number of hydrogen-bond donors (Lipinski definition) is 1. The van der Waals surface area contributed by atoms with Gasteiger partial charge in [0.1, 0.15) is 11.4 Å². The summed E-state index contributed by atoms with van der Waals surface area (Å²) in [6.45, 7) is 10.0. The molecule has 0 aliphatic carbocycles. The van der Waals surface area contributed by atoms with Crippen LogP contribution in [0.5, 0.6) is 5.75 Å². The fourth-order valence-corrected chi connectivity index (χ4v) is 2.73. The molecule has 0 radical (unpaired) electrons. The van der Waals surface area contributed by atoms with E-state index in [0.29, 0.717) is 19.6 Å².